The maximum absolute atomic E-state index is 13.3. The monoisotopic (exact) mass is 292 g/mol. The van der Waals surface area contributed by atoms with Crippen LogP contribution in [0.2, 0.25) is 0 Å². The van der Waals surface area contributed by atoms with Crippen molar-refractivity contribution in [1.82, 2.24) is 0 Å². The van der Waals surface area contributed by atoms with Crippen molar-refractivity contribution in [2.24, 2.45) is 0 Å². The van der Waals surface area contributed by atoms with Gasteiger partial charge in [0.1, 0.15) is 11.6 Å². The molecule has 0 atom stereocenters. The van der Waals surface area contributed by atoms with E-state index in [-0.39, 0.29) is 16.9 Å². The SMILES string of the molecule is Nc1ccc(C(=O)Nc2ccc(F)cc2C(=O)O)cc1F. The molecule has 0 unspecified atom stereocenters. The summed E-state index contributed by atoms with van der Waals surface area (Å²) in [6.45, 7) is 0. The molecule has 2 rings (SSSR count). The minimum Gasteiger partial charge on any atom is -0.478 e. The van der Waals surface area contributed by atoms with E-state index in [1.165, 1.54) is 12.1 Å². The van der Waals surface area contributed by atoms with E-state index in [0.29, 0.717) is 0 Å². The maximum Gasteiger partial charge on any atom is 0.337 e. The van der Waals surface area contributed by atoms with Crippen molar-refractivity contribution in [3.63, 3.8) is 0 Å². The summed E-state index contributed by atoms with van der Waals surface area (Å²) >= 11 is 0. The minimum atomic E-state index is -1.40. The number of aromatic carboxylic acids is 1. The number of hydrogen-bond donors (Lipinski definition) is 3. The van der Waals surface area contributed by atoms with E-state index in [0.717, 1.165) is 24.3 Å². The second-order valence-corrected chi connectivity index (χ2v) is 4.19. The fourth-order valence-corrected chi connectivity index (χ4v) is 1.67. The van der Waals surface area contributed by atoms with Crippen molar-refractivity contribution < 1.29 is 23.5 Å². The summed E-state index contributed by atoms with van der Waals surface area (Å²) < 4.78 is 26.3. The number of carbonyl (C=O) groups excluding carboxylic acids is 1. The van der Waals surface area contributed by atoms with Gasteiger partial charge in [-0.05, 0) is 36.4 Å². The van der Waals surface area contributed by atoms with Gasteiger partial charge in [-0.15, -0.1) is 0 Å². The lowest BCUT2D eigenvalue weighted by atomic mass is 10.1. The Balaban J connectivity index is 2.31. The normalized spacial score (nSPS) is 10.2. The predicted molar refractivity (Wildman–Crippen MR) is 72.1 cm³/mol. The summed E-state index contributed by atoms with van der Waals surface area (Å²) in [5.74, 6) is -3.64. The molecule has 0 aliphatic rings. The Hall–Kier alpha value is -2.96. The van der Waals surface area contributed by atoms with Crippen LogP contribution >= 0.6 is 0 Å². The Kier molecular flexibility index (Phi) is 3.84. The zero-order valence-corrected chi connectivity index (χ0v) is 10.6. The van der Waals surface area contributed by atoms with E-state index in [1.54, 1.807) is 0 Å². The Morgan fingerprint density at radius 1 is 1.10 bits per heavy atom. The van der Waals surface area contributed by atoms with E-state index >= 15 is 0 Å². The van der Waals surface area contributed by atoms with E-state index in [1.807, 2.05) is 0 Å². The largest absolute Gasteiger partial charge is 0.478 e. The van der Waals surface area contributed by atoms with Gasteiger partial charge in [0, 0.05) is 5.56 Å². The molecule has 21 heavy (non-hydrogen) atoms. The van der Waals surface area contributed by atoms with Crippen LogP contribution in [0.1, 0.15) is 20.7 Å². The third-order valence-corrected chi connectivity index (χ3v) is 2.72. The summed E-state index contributed by atoms with van der Waals surface area (Å²) in [4.78, 5) is 22.9. The highest BCUT2D eigenvalue weighted by molar-refractivity contribution is 6.07. The van der Waals surface area contributed by atoms with Gasteiger partial charge in [-0.2, -0.15) is 0 Å². The number of nitrogens with two attached hydrogens (primary N) is 1. The molecule has 4 N–H and O–H groups in total. The molecule has 0 fully saturated rings. The molecular weight excluding hydrogens is 282 g/mol. The molecule has 0 heterocycles. The number of carboxylic acid groups (broad SMARTS) is 1. The molecule has 5 nitrogen and oxygen atoms in total. The van der Waals surface area contributed by atoms with Crippen molar-refractivity contribution in [2.45, 2.75) is 0 Å². The molecule has 0 aliphatic carbocycles. The first-order chi connectivity index (χ1) is 9.88. The number of hydrogen-bond acceptors (Lipinski definition) is 3. The number of nitrogen functional groups attached to an aromatic ring is 1. The summed E-state index contributed by atoms with van der Waals surface area (Å²) in [6.07, 6.45) is 0. The predicted octanol–water partition coefficient (Wildman–Crippen LogP) is 2.50. The minimum absolute atomic E-state index is 0.0395. The number of rotatable bonds is 3. The third-order valence-electron chi connectivity index (χ3n) is 2.72. The first-order valence-electron chi connectivity index (χ1n) is 5.77. The van der Waals surface area contributed by atoms with Crippen LogP contribution < -0.4 is 11.1 Å². The summed E-state index contributed by atoms with van der Waals surface area (Å²) in [7, 11) is 0. The standard InChI is InChI=1S/C14H10F2N2O3/c15-8-2-4-12(9(6-8)14(20)21)18-13(19)7-1-3-11(17)10(16)5-7/h1-6H,17H2,(H,18,19)(H,20,21). The average molecular weight is 292 g/mol. The lowest BCUT2D eigenvalue weighted by molar-refractivity contribution is 0.0697. The Morgan fingerprint density at radius 3 is 2.43 bits per heavy atom. The van der Waals surface area contributed by atoms with Crippen LogP contribution in [0.4, 0.5) is 20.2 Å². The smallest absolute Gasteiger partial charge is 0.337 e. The van der Waals surface area contributed by atoms with Crippen molar-refractivity contribution >= 4 is 23.3 Å². The van der Waals surface area contributed by atoms with Crippen molar-refractivity contribution in [1.29, 1.82) is 0 Å². The molecule has 2 aromatic rings. The topological polar surface area (TPSA) is 92.4 Å². The molecule has 0 bridgehead atoms. The zero-order valence-electron chi connectivity index (χ0n) is 10.6. The summed E-state index contributed by atoms with van der Waals surface area (Å²) in [6, 6.07) is 6.33. The van der Waals surface area contributed by atoms with Crippen LogP contribution in [0.5, 0.6) is 0 Å². The lowest BCUT2D eigenvalue weighted by Crippen LogP contribution is -2.15. The number of benzene rings is 2. The number of halogens is 2. The number of carboxylic acids is 1. The maximum atomic E-state index is 13.3. The highest BCUT2D eigenvalue weighted by atomic mass is 19.1. The Morgan fingerprint density at radius 2 is 1.81 bits per heavy atom. The van der Waals surface area contributed by atoms with Gasteiger partial charge in [0.05, 0.1) is 16.9 Å². The van der Waals surface area contributed by atoms with Crippen molar-refractivity contribution in [3.05, 3.63) is 59.2 Å². The lowest BCUT2D eigenvalue weighted by Gasteiger charge is -2.09. The molecular formula is C14H10F2N2O3. The molecule has 0 saturated heterocycles. The van der Waals surface area contributed by atoms with Crippen LogP contribution in [-0.4, -0.2) is 17.0 Å². The van der Waals surface area contributed by atoms with Gasteiger partial charge in [-0.3, -0.25) is 4.79 Å². The van der Waals surface area contributed by atoms with Crippen LogP contribution in [-0.2, 0) is 0 Å². The van der Waals surface area contributed by atoms with Crippen LogP contribution in [0, 0.1) is 11.6 Å². The highest BCUT2D eigenvalue weighted by Crippen LogP contribution is 2.19. The fourth-order valence-electron chi connectivity index (χ4n) is 1.67. The van der Waals surface area contributed by atoms with Gasteiger partial charge in [-0.1, -0.05) is 0 Å². The molecule has 7 heteroatoms. The second-order valence-electron chi connectivity index (χ2n) is 4.19. The molecule has 0 spiro atoms. The average Bonchev–Trinajstić information content (AvgIpc) is 2.43. The summed E-state index contributed by atoms with van der Waals surface area (Å²) in [5.41, 5.74) is 4.65. The number of carbonyl (C=O) groups is 2. The van der Waals surface area contributed by atoms with Crippen molar-refractivity contribution in [3.8, 4) is 0 Å². The van der Waals surface area contributed by atoms with Crippen LogP contribution in [0.25, 0.3) is 0 Å². The summed E-state index contributed by atoms with van der Waals surface area (Å²) in [5, 5.41) is 11.2. The van der Waals surface area contributed by atoms with Gasteiger partial charge in [0.15, 0.2) is 0 Å². The number of amides is 1. The van der Waals surface area contributed by atoms with Gasteiger partial charge in [-0.25, -0.2) is 13.6 Å². The molecule has 0 aromatic heterocycles. The first kappa shape index (κ1) is 14.4. The fraction of sp³-hybridized carbons (Fsp3) is 0. The van der Waals surface area contributed by atoms with E-state index in [4.69, 9.17) is 10.8 Å². The van der Waals surface area contributed by atoms with Gasteiger partial charge < -0.3 is 16.2 Å². The van der Waals surface area contributed by atoms with Gasteiger partial charge in [0.25, 0.3) is 5.91 Å². The Bertz CT molecular complexity index is 732. The van der Waals surface area contributed by atoms with Gasteiger partial charge in [0.2, 0.25) is 0 Å². The van der Waals surface area contributed by atoms with E-state index in [9.17, 15) is 18.4 Å². The van der Waals surface area contributed by atoms with Crippen LogP contribution in [0.15, 0.2) is 36.4 Å². The van der Waals surface area contributed by atoms with Crippen LogP contribution in [0.3, 0.4) is 0 Å². The number of anilines is 2. The number of nitrogens with one attached hydrogen (secondary N) is 1. The zero-order chi connectivity index (χ0) is 15.6. The molecule has 0 aliphatic heterocycles. The molecule has 1 amide bonds. The molecule has 2 aromatic carbocycles. The van der Waals surface area contributed by atoms with E-state index in [2.05, 4.69) is 5.32 Å². The molecule has 0 saturated carbocycles. The Labute approximate surface area is 118 Å². The first-order valence-corrected chi connectivity index (χ1v) is 5.77. The molecule has 108 valence electrons. The quantitative estimate of drug-likeness (QED) is 0.758. The molecule has 0 radical (unpaired) electrons. The van der Waals surface area contributed by atoms with Gasteiger partial charge >= 0.3 is 5.97 Å². The third kappa shape index (κ3) is 3.14. The highest BCUT2D eigenvalue weighted by Gasteiger charge is 2.15. The second kappa shape index (κ2) is 5.58. The van der Waals surface area contributed by atoms with Crippen molar-refractivity contribution in [2.75, 3.05) is 11.1 Å². The van der Waals surface area contributed by atoms with E-state index < -0.39 is 29.1 Å².